The molecular weight excluding hydrogens is 534 g/mol. The van der Waals surface area contributed by atoms with Gasteiger partial charge in [-0.1, -0.05) is 95.4 Å². The van der Waals surface area contributed by atoms with Crippen LogP contribution in [0, 0.1) is 5.41 Å². The zero-order valence-electron chi connectivity index (χ0n) is 30.2. The molecule has 5 heterocycles. The first-order valence-electron chi connectivity index (χ1n) is 17.8. The molecule has 3 heteroatoms. The fourth-order valence-electron chi connectivity index (χ4n) is 10.7. The van der Waals surface area contributed by atoms with Crippen LogP contribution in [0.4, 0.5) is 0 Å². The summed E-state index contributed by atoms with van der Waals surface area (Å²) in [6.07, 6.45) is 13.7. The van der Waals surface area contributed by atoms with Gasteiger partial charge in [0.25, 0.3) is 5.82 Å². The number of unbranched alkanes of at least 4 members (excludes halogenated alkanes) is 2. The summed E-state index contributed by atoms with van der Waals surface area (Å²) in [5, 5.41) is 0. The number of nitrogens with zero attached hydrogens (tertiary/aromatic N) is 3. The first-order chi connectivity index (χ1) is 20.3. The minimum atomic E-state index is -0.144. The minimum Gasteiger partial charge on any atom is -0.252 e. The lowest BCUT2D eigenvalue weighted by Crippen LogP contribution is -2.59. The minimum absolute atomic E-state index is 0.0192. The molecule has 0 N–H and O–H groups in total. The van der Waals surface area contributed by atoms with Gasteiger partial charge in [-0.25, -0.2) is 9.13 Å². The number of rotatable bonds is 5. The molecule has 1 aliphatic carbocycles. The van der Waals surface area contributed by atoms with Crippen LogP contribution in [0.15, 0.2) is 24.3 Å². The molecule has 0 amide bonds. The summed E-state index contributed by atoms with van der Waals surface area (Å²) < 4.78 is 5.60. The molecule has 2 unspecified atom stereocenters. The zero-order chi connectivity index (χ0) is 32.0. The van der Waals surface area contributed by atoms with Gasteiger partial charge in [0.1, 0.15) is 11.1 Å². The fourth-order valence-corrected chi connectivity index (χ4v) is 10.7. The van der Waals surface area contributed by atoms with Crippen molar-refractivity contribution >= 4 is 17.1 Å². The van der Waals surface area contributed by atoms with E-state index in [2.05, 4.69) is 129 Å². The van der Waals surface area contributed by atoms with Crippen molar-refractivity contribution < 1.29 is 4.57 Å². The van der Waals surface area contributed by atoms with Crippen molar-refractivity contribution in [2.24, 2.45) is 5.41 Å². The number of fused-ring (bicyclic) bond motifs is 2. The van der Waals surface area contributed by atoms with Crippen LogP contribution in [0.25, 0.3) is 28.5 Å². The van der Waals surface area contributed by atoms with Crippen LogP contribution in [0.5, 0.6) is 0 Å². The molecule has 44 heavy (non-hydrogen) atoms. The number of hydrogen-bond acceptors (Lipinski definition) is 1. The molecule has 0 radical (unpaired) electrons. The Labute approximate surface area is 267 Å². The first kappa shape index (κ1) is 30.2. The Morgan fingerprint density at radius 3 is 2.09 bits per heavy atom. The molecule has 236 valence electrons. The SMILES string of the molecule is CCCCCC12CCC3(CC)C=Cc4nc(C(C)(C)C)cc5c4-c4n(c6cc(c(cc6[n+]43)C1(C)C)C2(C)C)C(C)(C)C5(C)C. The van der Waals surface area contributed by atoms with Gasteiger partial charge in [-0.05, 0) is 103 Å². The molecule has 2 atom stereocenters. The Morgan fingerprint density at radius 2 is 1.48 bits per heavy atom. The van der Waals surface area contributed by atoms with Crippen LogP contribution >= 0.6 is 0 Å². The fraction of sp³-hybridized carbons (Fsp3) is 0.659. The van der Waals surface area contributed by atoms with Crippen LogP contribution in [0.3, 0.4) is 0 Å². The van der Waals surface area contributed by atoms with E-state index in [1.54, 1.807) is 11.1 Å². The highest BCUT2D eigenvalue weighted by Crippen LogP contribution is 2.68. The van der Waals surface area contributed by atoms with E-state index in [0.29, 0.717) is 0 Å². The lowest BCUT2D eigenvalue weighted by Gasteiger charge is -2.51. The monoisotopic (exact) mass is 592 g/mol. The van der Waals surface area contributed by atoms with Crippen molar-refractivity contribution in [1.29, 1.82) is 0 Å². The number of imidazole rings is 1. The van der Waals surface area contributed by atoms with E-state index in [-0.39, 0.29) is 38.2 Å². The maximum absolute atomic E-state index is 5.48. The van der Waals surface area contributed by atoms with E-state index in [9.17, 15) is 0 Å². The lowest BCUT2D eigenvalue weighted by atomic mass is 9.52. The average Bonchev–Trinajstić information content (AvgIpc) is 3.27. The number of aromatic nitrogens is 3. The van der Waals surface area contributed by atoms with Crippen LogP contribution in [0.2, 0.25) is 0 Å². The van der Waals surface area contributed by atoms with Crippen molar-refractivity contribution in [2.45, 2.75) is 168 Å². The molecule has 4 aliphatic rings. The maximum atomic E-state index is 5.48. The van der Waals surface area contributed by atoms with E-state index in [0.717, 1.165) is 18.5 Å². The second-order valence-electron chi connectivity index (χ2n) is 18.2. The van der Waals surface area contributed by atoms with Gasteiger partial charge >= 0.3 is 0 Å². The standard InChI is InChI=1S/C41H58N3/c1-14-16-17-19-41-22-21-40(15-2)20-18-29-33-28(25-32(42-29)35(3,4)5)36(6,7)39(12,13)43-30-23-26(37(41,8)9)27(38(41,10)11)24-31(30)44(40)34(33)43/h18,20,23-25H,14-17,19,21-22H2,1-13H3/q+1. The van der Waals surface area contributed by atoms with Crippen LogP contribution in [-0.4, -0.2) is 9.55 Å². The van der Waals surface area contributed by atoms with E-state index in [1.165, 1.54) is 65.8 Å². The summed E-state index contributed by atoms with van der Waals surface area (Å²) in [5.41, 5.74) is 11.2. The summed E-state index contributed by atoms with van der Waals surface area (Å²) >= 11 is 0. The first-order valence-corrected chi connectivity index (χ1v) is 17.8. The van der Waals surface area contributed by atoms with Crippen molar-refractivity contribution in [1.82, 2.24) is 9.55 Å². The number of pyridine rings is 1. The number of allylic oxidation sites excluding steroid dienone is 1. The van der Waals surface area contributed by atoms with E-state index >= 15 is 0 Å². The third-order valence-electron chi connectivity index (χ3n) is 14.4. The number of benzene rings is 1. The zero-order valence-corrected chi connectivity index (χ0v) is 30.2. The van der Waals surface area contributed by atoms with Gasteiger partial charge in [0, 0.05) is 16.5 Å². The molecule has 7 rings (SSSR count). The van der Waals surface area contributed by atoms with Gasteiger partial charge < -0.3 is 0 Å². The Morgan fingerprint density at radius 1 is 0.818 bits per heavy atom. The Kier molecular flexibility index (Phi) is 5.97. The third-order valence-corrected chi connectivity index (χ3v) is 14.4. The summed E-state index contributed by atoms with van der Waals surface area (Å²) in [6.45, 7) is 32.1. The van der Waals surface area contributed by atoms with E-state index in [1.807, 2.05) is 0 Å². The molecule has 3 aromatic rings. The van der Waals surface area contributed by atoms with Gasteiger partial charge in [-0.3, -0.25) is 4.98 Å². The highest BCUT2D eigenvalue weighted by molar-refractivity contribution is 5.85. The topological polar surface area (TPSA) is 21.7 Å². The van der Waals surface area contributed by atoms with E-state index in [4.69, 9.17) is 4.98 Å². The highest BCUT2D eigenvalue weighted by Gasteiger charge is 2.65. The smallest absolute Gasteiger partial charge is 0.252 e. The molecule has 0 fully saturated rings. The van der Waals surface area contributed by atoms with Crippen molar-refractivity contribution in [2.75, 3.05) is 0 Å². The van der Waals surface area contributed by atoms with Crippen LogP contribution in [0.1, 0.15) is 163 Å². The second-order valence-corrected chi connectivity index (χ2v) is 18.2. The average molecular weight is 593 g/mol. The molecule has 3 aliphatic heterocycles. The molecule has 2 aromatic heterocycles. The van der Waals surface area contributed by atoms with Crippen LogP contribution < -0.4 is 4.57 Å². The summed E-state index contributed by atoms with van der Waals surface area (Å²) in [4.78, 5) is 5.48. The summed E-state index contributed by atoms with van der Waals surface area (Å²) in [5.74, 6) is 1.38. The van der Waals surface area contributed by atoms with Crippen molar-refractivity contribution in [3.63, 3.8) is 0 Å². The van der Waals surface area contributed by atoms with Crippen molar-refractivity contribution in [3.05, 3.63) is 52.4 Å². The molecule has 3 nitrogen and oxygen atoms in total. The summed E-state index contributed by atoms with van der Waals surface area (Å²) in [7, 11) is 0. The largest absolute Gasteiger partial charge is 0.293 e. The highest BCUT2D eigenvalue weighted by atomic mass is 15.3. The van der Waals surface area contributed by atoms with Gasteiger partial charge in [-0.15, -0.1) is 0 Å². The Hall–Kier alpha value is -2.42. The Bertz CT molecular complexity index is 1750. The van der Waals surface area contributed by atoms with Gasteiger partial charge in [0.05, 0.1) is 11.3 Å². The molecule has 0 saturated carbocycles. The summed E-state index contributed by atoms with van der Waals surface area (Å²) in [6, 6.07) is 7.81. The second kappa shape index (κ2) is 8.68. The molecular formula is C41H58N3+. The predicted octanol–water partition coefficient (Wildman–Crippen LogP) is 10.4. The van der Waals surface area contributed by atoms with Gasteiger partial charge in [0.15, 0.2) is 11.0 Å². The molecule has 1 aromatic carbocycles. The van der Waals surface area contributed by atoms with Gasteiger partial charge in [0.2, 0.25) is 0 Å². The normalized spacial score (nSPS) is 27.8. The molecule has 0 spiro atoms. The Balaban J connectivity index is 1.68. The predicted molar refractivity (Wildman–Crippen MR) is 186 cm³/mol. The molecule has 0 saturated heterocycles. The lowest BCUT2D eigenvalue weighted by molar-refractivity contribution is -0.721. The molecule has 3 bridgehead atoms. The third kappa shape index (κ3) is 3.25. The quantitative estimate of drug-likeness (QED) is 0.213. The van der Waals surface area contributed by atoms with Gasteiger partial charge in [-0.2, -0.15) is 0 Å². The van der Waals surface area contributed by atoms with Crippen LogP contribution in [-0.2, 0) is 32.7 Å². The van der Waals surface area contributed by atoms with E-state index < -0.39 is 0 Å². The van der Waals surface area contributed by atoms with Crippen molar-refractivity contribution in [3.8, 4) is 11.4 Å². The maximum Gasteiger partial charge on any atom is 0.293 e. The number of hydrogen-bond donors (Lipinski definition) is 0.